The fourth-order valence-corrected chi connectivity index (χ4v) is 3.09. The van der Waals surface area contributed by atoms with E-state index >= 15 is 0 Å². The predicted octanol–water partition coefficient (Wildman–Crippen LogP) is 2.71. The summed E-state index contributed by atoms with van der Waals surface area (Å²) in [4.78, 5) is 16.4. The molecule has 1 unspecified atom stereocenters. The van der Waals surface area contributed by atoms with Crippen molar-refractivity contribution in [1.82, 2.24) is 14.9 Å². The quantitative estimate of drug-likeness (QED) is 0.895. The van der Waals surface area contributed by atoms with Crippen LogP contribution in [0.15, 0.2) is 39.9 Å². The first kappa shape index (κ1) is 14.3. The van der Waals surface area contributed by atoms with Crippen LogP contribution in [0.25, 0.3) is 0 Å². The van der Waals surface area contributed by atoms with Crippen LogP contribution in [0.3, 0.4) is 0 Å². The van der Waals surface area contributed by atoms with Crippen molar-refractivity contribution in [2.75, 3.05) is 11.9 Å². The zero-order chi connectivity index (χ0) is 14.8. The molecule has 0 bridgehead atoms. The number of anilines is 2. The van der Waals surface area contributed by atoms with Gasteiger partial charge in [0.2, 0.25) is 0 Å². The van der Waals surface area contributed by atoms with Crippen LogP contribution in [0, 0.1) is 0 Å². The van der Waals surface area contributed by atoms with E-state index in [9.17, 15) is 4.79 Å². The van der Waals surface area contributed by atoms with Crippen molar-refractivity contribution in [3.8, 4) is 0 Å². The van der Waals surface area contributed by atoms with E-state index < -0.39 is 0 Å². The molecule has 110 valence electrons. The van der Waals surface area contributed by atoms with E-state index in [1.807, 2.05) is 12.3 Å². The lowest BCUT2D eigenvalue weighted by Crippen LogP contribution is -2.19. The molecule has 1 aliphatic heterocycles. The number of aromatic nitrogens is 2. The summed E-state index contributed by atoms with van der Waals surface area (Å²) in [6.07, 6.45) is 5.96. The van der Waals surface area contributed by atoms with E-state index in [1.54, 1.807) is 19.3 Å². The third-order valence-corrected chi connectivity index (χ3v) is 4.10. The predicted molar refractivity (Wildman–Crippen MR) is 86.9 cm³/mol. The highest BCUT2D eigenvalue weighted by Crippen LogP contribution is 2.23. The van der Waals surface area contributed by atoms with Gasteiger partial charge < -0.3 is 15.2 Å². The summed E-state index contributed by atoms with van der Waals surface area (Å²) in [6, 6.07) is 6.14. The molecule has 2 aromatic rings. The standard InChI is InChI=1S/C15H17BrN4O/c1-20-9-11(16)7-13(15(20)21)19-14-5-4-10(8-18-14)12-3-2-6-17-12/h4-5,7-9,12,17H,2-3,6H2,1H3,(H,18,19). The first-order valence-electron chi connectivity index (χ1n) is 6.96. The summed E-state index contributed by atoms with van der Waals surface area (Å²) in [5.74, 6) is 0.673. The molecule has 0 spiro atoms. The number of halogens is 1. The van der Waals surface area contributed by atoms with Gasteiger partial charge in [0.25, 0.3) is 5.56 Å². The normalized spacial score (nSPS) is 17.9. The zero-order valence-electron chi connectivity index (χ0n) is 11.8. The molecule has 1 saturated heterocycles. The molecule has 1 fully saturated rings. The van der Waals surface area contributed by atoms with Crippen molar-refractivity contribution in [1.29, 1.82) is 0 Å². The van der Waals surface area contributed by atoms with E-state index in [-0.39, 0.29) is 5.56 Å². The van der Waals surface area contributed by atoms with Crippen LogP contribution in [0.5, 0.6) is 0 Å². The molecule has 5 nitrogen and oxygen atoms in total. The van der Waals surface area contributed by atoms with Crippen molar-refractivity contribution in [3.05, 3.63) is 51.0 Å². The lowest BCUT2D eigenvalue weighted by molar-refractivity contribution is 0.645. The van der Waals surface area contributed by atoms with Crippen LogP contribution in [-0.2, 0) is 7.05 Å². The summed E-state index contributed by atoms with van der Waals surface area (Å²) in [6.45, 7) is 1.07. The number of pyridine rings is 2. The molecule has 0 amide bonds. The summed E-state index contributed by atoms with van der Waals surface area (Å²) in [5.41, 5.74) is 1.62. The van der Waals surface area contributed by atoms with Crippen molar-refractivity contribution >= 4 is 27.4 Å². The maximum atomic E-state index is 12.0. The second-order valence-electron chi connectivity index (χ2n) is 5.24. The van der Waals surface area contributed by atoms with Gasteiger partial charge in [-0.05, 0) is 53.0 Å². The minimum absolute atomic E-state index is 0.0819. The fraction of sp³-hybridized carbons (Fsp3) is 0.333. The molecule has 0 aromatic carbocycles. The number of hydrogen-bond donors (Lipinski definition) is 2. The third-order valence-electron chi connectivity index (χ3n) is 3.66. The van der Waals surface area contributed by atoms with Crippen molar-refractivity contribution in [2.24, 2.45) is 7.05 Å². The Morgan fingerprint density at radius 3 is 3.00 bits per heavy atom. The lowest BCUT2D eigenvalue weighted by atomic mass is 10.1. The fourth-order valence-electron chi connectivity index (χ4n) is 2.55. The minimum atomic E-state index is -0.0819. The summed E-state index contributed by atoms with van der Waals surface area (Å²) < 4.78 is 2.38. The van der Waals surface area contributed by atoms with Crippen LogP contribution in [-0.4, -0.2) is 16.1 Å². The van der Waals surface area contributed by atoms with Crippen molar-refractivity contribution in [3.63, 3.8) is 0 Å². The molecular formula is C15H17BrN4O. The van der Waals surface area contributed by atoms with E-state index in [4.69, 9.17) is 0 Å². The number of rotatable bonds is 3. The first-order chi connectivity index (χ1) is 10.1. The molecule has 3 rings (SSSR count). The van der Waals surface area contributed by atoms with E-state index in [1.165, 1.54) is 16.6 Å². The van der Waals surface area contributed by atoms with Gasteiger partial charge in [-0.2, -0.15) is 0 Å². The monoisotopic (exact) mass is 348 g/mol. The van der Waals surface area contributed by atoms with Gasteiger partial charge in [-0.1, -0.05) is 6.07 Å². The summed E-state index contributed by atoms with van der Waals surface area (Å²) >= 11 is 3.39. The molecule has 1 atom stereocenters. The Kier molecular flexibility index (Phi) is 4.07. The largest absolute Gasteiger partial charge is 0.336 e. The Balaban J connectivity index is 1.80. The van der Waals surface area contributed by atoms with E-state index in [2.05, 4.69) is 37.6 Å². The lowest BCUT2D eigenvalue weighted by Gasteiger charge is -2.11. The zero-order valence-corrected chi connectivity index (χ0v) is 13.4. The number of nitrogens with zero attached hydrogens (tertiary/aromatic N) is 2. The van der Waals surface area contributed by atoms with E-state index in [0.717, 1.165) is 17.4 Å². The maximum absolute atomic E-state index is 12.0. The third kappa shape index (κ3) is 3.16. The van der Waals surface area contributed by atoms with Crippen molar-refractivity contribution < 1.29 is 0 Å². The maximum Gasteiger partial charge on any atom is 0.274 e. The minimum Gasteiger partial charge on any atom is -0.336 e. The van der Waals surface area contributed by atoms with Crippen LogP contribution < -0.4 is 16.2 Å². The van der Waals surface area contributed by atoms with Gasteiger partial charge in [-0.15, -0.1) is 0 Å². The SMILES string of the molecule is Cn1cc(Br)cc(Nc2ccc(C3CCCN3)cn2)c1=O. The average molecular weight is 349 g/mol. The second kappa shape index (κ2) is 5.99. The molecule has 0 radical (unpaired) electrons. The first-order valence-corrected chi connectivity index (χ1v) is 7.75. The Hall–Kier alpha value is -1.66. The molecule has 0 aliphatic carbocycles. The van der Waals surface area contributed by atoms with Gasteiger partial charge in [-0.3, -0.25) is 4.79 Å². The van der Waals surface area contributed by atoms with Crippen molar-refractivity contribution in [2.45, 2.75) is 18.9 Å². The number of nitrogens with one attached hydrogen (secondary N) is 2. The van der Waals surface area contributed by atoms with Crippen LogP contribution in [0.4, 0.5) is 11.5 Å². The van der Waals surface area contributed by atoms with Crippen LogP contribution in [0.2, 0.25) is 0 Å². The number of hydrogen-bond acceptors (Lipinski definition) is 4. The topological polar surface area (TPSA) is 59.0 Å². The summed E-state index contributed by atoms with van der Waals surface area (Å²) in [5, 5.41) is 6.52. The number of aryl methyl sites for hydroxylation is 1. The molecule has 1 aliphatic rings. The Labute approximate surface area is 131 Å². The van der Waals surface area contributed by atoms with Gasteiger partial charge >= 0.3 is 0 Å². The molecular weight excluding hydrogens is 332 g/mol. The highest BCUT2D eigenvalue weighted by Gasteiger charge is 2.16. The Bertz CT molecular complexity index is 690. The smallest absolute Gasteiger partial charge is 0.274 e. The van der Waals surface area contributed by atoms with Gasteiger partial charge in [0.15, 0.2) is 0 Å². The van der Waals surface area contributed by atoms with Crippen LogP contribution >= 0.6 is 15.9 Å². The molecule has 3 heterocycles. The van der Waals surface area contributed by atoms with Gasteiger partial charge in [-0.25, -0.2) is 4.98 Å². The Morgan fingerprint density at radius 2 is 2.33 bits per heavy atom. The highest BCUT2D eigenvalue weighted by atomic mass is 79.9. The molecule has 2 N–H and O–H groups in total. The van der Waals surface area contributed by atoms with E-state index in [0.29, 0.717) is 17.5 Å². The molecule has 21 heavy (non-hydrogen) atoms. The van der Waals surface area contributed by atoms with Gasteiger partial charge in [0, 0.05) is 30.0 Å². The van der Waals surface area contributed by atoms with Gasteiger partial charge in [0.1, 0.15) is 11.5 Å². The Morgan fingerprint density at radius 1 is 1.48 bits per heavy atom. The van der Waals surface area contributed by atoms with Crippen LogP contribution in [0.1, 0.15) is 24.4 Å². The molecule has 0 saturated carbocycles. The second-order valence-corrected chi connectivity index (χ2v) is 6.15. The molecule has 2 aromatic heterocycles. The summed E-state index contributed by atoms with van der Waals surface area (Å²) in [7, 11) is 1.72. The highest BCUT2D eigenvalue weighted by molar-refractivity contribution is 9.10. The van der Waals surface area contributed by atoms with Gasteiger partial charge in [0.05, 0.1) is 0 Å². The molecule has 6 heteroatoms. The average Bonchev–Trinajstić information content (AvgIpc) is 2.99.